The molecule has 5 nitrogen and oxygen atoms in total. The number of aromatic nitrogens is 3. The van der Waals surface area contributed by atoms with Crippen molar-refractivity contribution in [2.24, 2.45) is 0 Å². The predicted octanol–water partition coefficient (Wildman–Crippen LogP) is 2.93. The van der Waals surface area contributed by atoms with E-state index < -0.39 is 0 Å². The lowest BCUT2D eigenvalue weighted by Gasteiger charge is -2.05. The van der Waals surface area contributed by atoms with E-state index in [1.807, 2.05) is 60.7 Å². The van der Waals surface area contributed by atoms with Gasteiger partial charge in [-0.2, -0.15) is 9.50 Å². The molecular weight excluding hydrogens is 346 g/mol. The van der Waals surface area contributed by atoms with Gasteiger partial charge >= 0.3 is 0 Å². The monoisotopic (exact) mass is 361 g/mol. The normalized spacial score (nSPS) is 11.8. The molecular formula is C20H15N3O2S. The number of fused-ring (bicyclic) bond motifs is 1. The van der Waals surface area contributed by atoms with Crippen LogP contribution in [0.4, 0.5) is 0 Å². The summed E-state index contributed by atoms with van der Waals surface area (Å²) in [6, 6.07) is 17.2. The van der Waals surface area contributed by atoms with Crippen LogP contribution < -0.4 is 14.8 Å². The van der Waals surface area contributed by atoms with Gasteiger partial charge in [0.25, 0.3) is 5.56 Å². The molecule has 2 heterocycles. The lowest BCUT2D eigenvalue weighted by atomic mass is 10.2. The first-order valence-electron chi connectivity index (χ1n) is 8.06. The van der Waals surface area contributed by atoms with E-state index in [4.69, 9.17) is 4.74 Å². The molecule has 0 bridgehead atoms. The minimum Gasteiger partial charge on any atom is -0.489 e. The topological polar surface area (TPSA) is 56.5 Å². The standard InChI is InChI=1S/C20H15N3O2S/c1-2-12-25-16-11-7-6-10-15(16)13-17-19(24)23-20(26-17)21-18(22-23)14-8-4-3-5-9-14/h2-11,13H,1,12H2/b17-13-. The van der Waals surface area contributed by atoms with Crippen LogP contribution in [0, 0.1) is 0 Å². The Balaban J connectivity index is 1.78. The number of thiazole rings is 1. The van der Waals surface area contributed by atoms with Gasteiger partial charge in [0.1, 0.15) is 12.4 Å². The third-order valence-corrected chi connectivity index (χ3v) is 4.74. The summed E-state index contributed by atoms with van der Waals surface area (Å²) in [7, 11) is 0. The molecule has 2 aromatic carbocycles. The Kier molecular flexibility index (Phi) is 4.33. The lowest BCUT2D eigenvalue weighted by molar-refractivity contribution is 0.362. The van der Waals surface area contributed by atoms with Gasteiger partial charge in [0, 0.05) is 11.1 Å². The van der Waals surface area contributed by atoms with E-state index in [-0.39, 0.29) is 5.56 Å². The van der Waals surface area contributed by atoms with Gasteiger partial charge in [-0.05, 0) is 12.1 Å². The fourth-order valence-corrected chi connectivity index (χ4v) is 3.46. The molecule has 0 aliphatic heterocycles. The van der Waals surface area contributed by atoms with Crippen molar-refractivity contribution in [3.8, 4) is 17.1 Å². The van der Waals surface area contributed by atoms with Gasteiger partial charge in [-0.1, -0.05) is 72.5 Å². The quantitative estimate of drug-likeness (QED) is 0.513. The Morgan fingerprint density at radius 1 is 1.12 bits per heavy atom. The third kappa shape index (κ3) is 3.02. The zero-order valence-electron chi connectivity index (χ0n) is 13.8. The lowest BCUT2D eigenvalue weighted by Crippen LogP contribution is -2.23. The Bertz CT molecular complexity index is 1180. The first kappa shape index (κ1) is 16.2. The van der Waals surface area contributed by atoms with Crippen LogP contribution in [0.1, 0.15) is 5.56 Å². The Morgan fingerprint density at radius 3 is 2.65 bits per heavy atom. The first-order chi connectivity index (χ1) is 12.8. The van der Waals surface area contributed by atoms with Crippen LogP contribution in [0.2, 0.25) is 0 Å². The van der Waals surface area contributed by atoms with Crippen molar-refractivity contribution >= 4 is 22.4 Å². The zero-order chi connectivity index (χ0) is 17.9. The summed E-state index contributed by atoms with van der Waals surface area (Å²) in [6.07, 6.45) is 3.49. The Hall–Kier alpha value is -3.25. The summed E-state index contributed by atoms with van der Waals surface area (Å²) in [4.78, 5) is 17.7. The summed E-state index contributed by atoms with van der Waals surface area (Å²) >= 11 is 1.31. The number of hydrogen-bond acceptors (Lipinski definition) is 5. The molecule has 0 aliphatic rings. The fraction of sp³-hybridized carbons (Fsp3) is 0.0500. The van der Waals surface area contributed by atoms with Gasteiger partial charge in [0.15, 0.2) is 5.82 Å². The smallest absolute Gasteiger partial charge is 0.291 e. The molecule has 0 unspecified atom stereocenters. The van der Waals surface area contributed by atoms with Gasteiger partial charge in [-0.3, -0.25) is 4.79 Å². The van der Waals surface area contributed by atoms with E-state index in [1.54, 1.807) is 6.08 Å². The molecule has 4 rings (SSSR count). The molecule has 2 aromatic heterocycles. The molecule has 0 saturated carbocycles. The summed E-state index contributed by atoms with van der Waals surface area (Å²) in [5.74, 6) is 1.26. The molecule has 26 heavy (non-hydrogen) atoms. The summed E-state index contributed by atoms with van der Waals surface area (Å²) < 4.78 is 7.56. The maximum Gasteiger partial charge on any atom is 0.291 e. The van der Waals surface area contributed by atoms with Crippen molar-refractivity contribution < 1.29 is 4.74 Å². The second kappa shape index (κ2) is 6.93. The highest BCUT2D eigenvalue weighted by Gasteiger charge is 2.12. The highest BCUT2D eigenvalue weighted by Crippen LogP contribution is 2.19. The molecule has 0 spiro atoms. The zero-order valence-corrected chi connectivity index (χ0v) is 14.6. The maximum absolute atomic E-state index is 12.7. The maximum atomic E-state index is 12.7. The van der Waals surface area contributed by atoms with E-state index in [0.29, 0.717) is 27.7 Å². The Morgan fingerprint density at radius 2 is 1.88 bits per heavy atom. The molecule has 0 saturated heterocycles. The first-order valence-corrected chi connectivity index (χ1v) is 8.87. The molecule has 0 aliphatic carbocycles. The molecule has 6 heteroatoms. The minimum atomic E-state index is -0.182. The van der Waals surface area contributed by atoms with Crippen molar-refractivity contribution in [1.29, 1.82) is 0 Å². The largest absolute Gasteiger partial charge is 0.489 e. The van der Waals surface area contributed by atoms with Crippen LogP contribution >= 0.6 is 11.3 Å². The molecule has 0 radical (unpaired) electrons. The number of benzene rings is 2. The van der Waals surface area contributed by atoms with Gasteiger partial charge in [0.2, 0.25) is 4.96 Å². The number of rotatable bonds is 5. The molecule has 4 aromatic rings. The SMILES string of the molecule is C=CCOc1ccccc1/C=c1\sc2nc(-c3ccccc3)nn2c1=O. The van der Waals surface area contributed by atoms with Crippen LogP contribution in [0.25, 0.3) is 22.4 Å². The van der Waals surface area contributed by atoms with Crippen molar-refractivity contribution in [2.75, 3.05) is 6.61 Å². The van der Waals surface area contributed by atoms with Crippen molar-refractivity contribution in [3.05, 3.63) is 87.7 Å². The minimum absolute atomic E-state index is 0.182. The van der Waals surface area contributed by atoms with Gasteiger partial charge < -0.3 is 4.74 Å². The van der Waals surface area contributed by atoms with E-state index in [0.717, 1.165) is 11.1 Å². The van der Waals surface area contributed by atoms with E-state index in [9.17, 15) is 4.79 Å². The van der Waals surface area contributed by atoms with Gasteiger partial charge in [0.05, 0.1) is 4.53 Å². The summed E-state index contributed by atoms with van der Waals surface area (Å²) in [5.41, 5.74) is 1.54. The van der Waals surface area contributed by atoms with Crippen LogP contribution in [0.15, 0.2) is 72.0 Å². The molecule has 0 fully saturated rings. The molecule has 0 atom stereocenters. The average molecular weight is 361 g/mol. The van der Waals surface area contributed by atoms with Gasteiger partial charge in [-0.25, -0.2) is 0 Å². The third-order valence-electron chi connectivity index (χ3n) is 3.78. The van der Waals surface area contributed by atoms with Crippen LogP contribution in [0.3, 0.4) is 0 Å². The van der Waals surface area contributed by atoms with Crippen LogP contribution in [-0.2, 0) is 0 Å². The van der Waals surface area contributed by atoms with Crippen LogP contribution in [0.5, 0.6) is 5.75 Å². The number of hydrogen-bond donors (Lipinski definition) is 0. The number of ether oxygens (including phenoxy) is 1. The van der Waals surface area contributed by atoms with E-state index in [2.05, 4.69) is 16.7 Å². The summed E-state index contributed by atoms with van der Waals surface area (Å²) in [5, 5.41) is 4.36. The summed E-state index contributed by atoms with van der Waals surface area (Å²) in [6.45, 7) is 4.06. The number of para-hydroxylation sites is 1. The number of nitrogens with zero attached hydrogens (tertiary/aromatic N) is 3. The van der Waals surface area contributed by atoms with Crippen LogP contribution in [-0.4, -0.2) is 21.2 Å². The van der Waals surface area contributed by atoms with Crippen molar-refractivity contribution in [1.82, 2.24) is 14.6 Å². The molecule has 0 N–H and O–H groups in total. The van der Waals surface area contributed by atoms with Crippen molar-refractivity contribution in [3.63, 3.8) is 0 Å². The highest BCUT2D eigenvalue weighted by atomic mass is 32.1. The fourth-order valence-electron chi connectivity index (χ4n) is 2.56. The van der Waals surface area contributed by atoms with E-state index >= 15 is 0 Å². The molecule has 0 amide bonds. The van der Waals surface area contributed by atoms with Crippen molar-refractivity contribution in [2.45, 2.75) is 0 Å². The van der Waals surface area contributed by atoms with Gasteiger partial charge in [-0.15, -0.1) is 5.10 Å². The average Bonchev–Trinajstić information content (AvgIpc) is 3.22. The highest BCUT2D eigenvalue weighted by molar-refractivity contribution is 7.15. The molecule has 128 valence electrons. The second-order valence-electron chi connectivity index (χ2n) is 5.55. The Labute approximate surface area is 153 Å². The van der Waals surface area contributed by atoms with E-state index in [1.165, 1.54) is 15.9 Å². The second-order valence-corrected chi connectivity index (χ2v) is 6.56. The predicted molar refractivity (Wildman–Crippen MR) is 103 cm³/mol.